The third-order valence-electron chi connectivity index (χ3n) is 2.60. The van der Waals surface area contributed by atoms with Gasteiger partial charge in [-0.2, -0.15) is 0 Å². The quantitative estimate of drug-likeness (QED) is 0.839. The normalized spacial score (nSPS) is 16.2. The van der Waals surface area contributed by atoms with Gasteiger partial charge in [0.05, 0.1) is 0 Å². The van der Waals surface area contributed by atoms with Crippen molar-refractivity contribution in [2.75, 3.05) is 19.8 Å². The van der Waals surface area contributed by atoms with Gasteiger partial charge < -0.3 is 15.2 Å². The van der Waals surface area contributed by atoms with E-state index in [-0.39, 0.29) is 17.5 Å². The maximum atomic E-state index is 12.2. The van der Waals surface area contributed by atoms with E-state index in [0.717, 1.165) is 0 Å². The second kappa shape index (κ2) is 5.66. The predicted octanol–water partition coefficient (Wildman–Crippen LogP) is 0.846. The third-order valence-corrected chi connectivity index (χ3v) is 5.14. The van der Waals surface area contributed by atoms with Crippen LogP contribution in [0.4, 0.5) is 0 Å². The average Bonchev–Trinajstić information content (AvgIpc) is 2.37. The minimum absolute atomic E-state index is 0.108. The molecule has 0 saturated heterocycles. The van der Waals surface area contributed by atoms with Crippen molar-refractivity contribution in [2.45, 2.75) is 17.9 Å². The molecule has 0 bridgehead atoms. The maximum absolute atomic E-state index is 12.2. The van der Waals surface area contributed by atoms with Crippen molar-refractivity contribution in [1.29, 1.82) is 0 Å². The summed E-state index contributed by atoms with van der Waals surface area (Å²) in [6.07, 6.45) is 0. The van der Waals surface area contributed by atoms with Crippen molar-refractivity contribution in [2.24, 2.45) is 5.73 Å². The molecule has 1 aliphatic heterocycles. The summed E-state index contributed by atoms with van der Waals surface area (Å²) < 4.78 is 38.1. The molecule has 2 rings (SSSR count). The molecule has 0 aromatic heterocycles. The Morgan fingerprint density at radius 3 is 2.53 bits per heavy atom. The number of ether oxygens (including phenoxy) is 2. The highest BCUT2D eigenvalue weighted by atomic mass is 79.9. The molecule has 106 valence electrons. The second-order valence-corrected chi connectivity index (χ2v) is 6.72. The Morgan fingerprint density at radius 1 is 1.37 bits per heavy atom. The molecule has 1 heterocycles. The van der Waals surface area contributed by atoms with Crippen LogP contribution in [0, 0.1) is 0 Å². The van der Waals surface area contributed by atoms with Crippen molar-refractivity contribution in [3.63, 3.8) is 0 Å². The summed E-state index contributed by atoms with van der Waals surface area (Å²) >= 11 is 3.24. The van der Waals surface area contributed by atoms with Gasteiger partial charge in [0.2, 0.25) is 10.0 Å². The maximum Gasteiger partial charge on any atom is 0.242 e. The van der Waals surface area contributed by atoms with E-state index >= 15 is 0 Å². The number of nitrogens with two attached hydrogens (primary N) is 1. The Kier molecular flexibility index (Phi) is 4.34. The largest absolute Gasteiger partial charge is 0.486 e. The van der Waals surface area contributed by atoms with Gasteiger partial charge in [0.25, 0.3) is 0 Å². The number of sulfonamides is 1. The Balaban J connectivity index is 2.39. The highest BCUT2D eigenvalue weighted by molar-refractivity contribution is 9.10. The summed E-state index contributed by atoms with van der Waals surface area (Å²) in [6, 6.07) is 2.70. The number of rotatable bonds is 4. The van der Waals surface area contributed by atoms with E-state index in [1.165, 1.54) is 6.07 Å². The third kappa shape index (κ3) is 3.19. The number of benzene rings is 1. The van der Waals surface area contributed by atoms with E-state index < -0.39 is 10.0 Å². The van der Waals surface area contributed by atoms with Crippen molar-refractivity contribution in [1.82, 2.24) is 4.72 Å². The van der Waals surface area contributed by atoms with Gasteiger partial charge in [0, 0.05) is 23.1 Å². The van der Waals surface area contributed by atoms with Crippen LogP contribution >= 0.6 is 15.9 Å². The van der Waals surface area contributed by atoms with Crippen molar-refractivity contribution in [3.8, 4) is 11.5 Å². The summed E-state index contributed by atoms with van der Waals surface area (Å²) in [5, 5.41) is 0. The molecule has 0 spiro atoms. The monoisotopic (exact) mass is 350 g/mol. The summed E-state index contributed by atoms with van der Waals surface area (Å²) in [7, 11) is -3.65. The van der Waals surface area contributed by atoms with Gasteiger partial charge in [-0.15, -0.1) is 0 Å². The van der Waals surface area contributed by atoms with Crippen LogP contribution in [0.5, 0.6) is 11.5 Å². The molecule has 0 amide bonds. The van der Waals surface area contributed by atoms with E-state index in [2.05, 4.69) is 20.7 Å². The van der Waals surface area contributed by atoms with E-state index in [9.17, 15) is 8.42 Å². The first-order chi connectivity index (χ1) is 8.94. The Hall–Kier alpha value is -0.830. The Morgan fingerprint density at radius 2 is 1.95 bits per heavy atom. The lowest BCUT2D eigenvalue weighted by Gasteiger charge is -2.20. The fourth-order valence-corrected chi connectivity index (χ4v) is 3.92. The number of hydrogen-bond donors (Lipinski definition) is 2. The van der Waals surface area contributed by atoms with Crippen LogP contribution in [0.2, 0.25) is 0 Å². The minimum atomic E-state index is -3.65. The van der Waals surface area contributed by atoms with Crippen molar-refractivity contribution in [3.05, 3.63) is 16.6 Å². The highest BCUT2D eigenvalue weighted by Gasteiger charge is 2.24. The summed E-state index contributed by atoms with van der Waals surface area (Å²) in [5.41, 5.74) is 5.42. The fraction of sp³-hybridized carbons (Fsp3) is 0.455. The lowest BCUT2D eigenvalue weighted by molar-refractivity contribution is 0.171. The molecule has 3 N–H and O–H groups in total. The van der Waals surface area contributed by atoms with Gasteiger partial charge in [-0.1, -0.05) is 0 Å². The zero-order valence-corrected chi connectivity index (χ0v) is 12.8. The van der Waals surface area contributed by atoms with E-state index in [1.807, 2.05) is 0 Å². The van der Waals surface area contributed by atoms with Gasteiger partial charge in [-0.3, -0.25) is 0 Å². The SMILES string of the molecule is C[C@@H](CN)NS(=O)(=O)c1cc2c(cc1Br)OCCO2. The average molecular weight is 351 g/mol. The molecule has 1 aromatic rings. The molecule has 1 atom stereocenters. The topological polar surface area (TPSA) is 90.7 Å². The highest BCUT2D eigenvalue weighted by Crippen LogP contribution is 2.37. The number of halogens is 1. The zero-order chi connectivity index (χ0) is 14.0. The van der Waals surface area contributed by atoms with Crippen LogP contribution in [0.3, 0.4) is 0 Å². The second-order valence-electron chi connectivity index (χ2n) is 4.18. The summed E-state index contributed by atoms with van der Waals surface area (Å²) in [6.45, 7) is 2.78. The van der Waals surface area contributed by atoms with Crippen LogP contribution in [-0.2, 0) is 10.0 Å². The molecule has 19 heavy (non-hydrogen) atoms. The number of fused-ring (bicyclic) bond motifs is 1. The van der Waals surface area contributed by atoms with Gasteiger partial charge >= 0.3 is 0 Å². The van der Waals surface area contributed by atoms with E-state index in [0.29, 0.717) is 29.2 Å². The summed E-state index contributed by atoms with van der Waals surface area (Å²) in [4.78, 5) is 0.108. The Labute approximate surface area is 120 Å². The van der Waals surface area contributed by atoms with Crippen LogP contribution < -0.4 is 19.9 Å². The van der Waals surface area contributed by atoms with Crippen molar-refractivity contribution >= 4 is 26.0 Å². The molecule has 6 nitrogen and oxygen atoms in total. The van der Waals surface area contributed by atoms with E-state index in [1.54, 1.807) is 13.0 Å². The molecule has 0 unspecified atom stereocenters. The Bertz CT molecular complexity index is 576. The van der Waals surface area contributed by atoms with Crippen LogP contribution in [-0.4, -0.2) is 34.2 Å². The molecular formula is C11H15BrN2O4S. The molecule has 0 fully saturated rings. The fourth-order valence-electron chi connectivity index (χ4n) is 1.63. The first kappa shape index (κ1) is 14.6. The number of hydrogen-bond acceptors (Lipinski definition) is 5. The first-order valence-electron chi connectivity index (χ1n) is 5.75. The van der Waals surface area contributed by atoms with Crippen LogP contribution in [0.25, 0.3) is 0 Å². The summed E-state index contributed by atoms with van der Waals surface area (Å²) in [5.74, 6) is 0.958. The van der Waals surface area contributed by atoms with E-state index in [4.69, 9.17) is 15.2 Å². The molecular weight excluding hydrogens is 336 g/mol. The van der Waals surface area contributed by atoms with Crippen molar-refractivity contribution < 1.29 is 17.9 Å². The molecule has 0 aliphatic carbocycles. The number of nitrogens with one attached hydrogen (secondary N) is 1. The molecule has 1 aromatic carbocycles. The lowest BCUT2D eigenvalue weighted by atomic mass is 10.3. The van der Waals surface area contributed by atoms with Gasteiger partial charge in [0.1, 0.15) is 18.1 Å². The molecule has 0 radical (unpaired) electrons. The predicted molar refractivity (Wildman–Crippen MR) is 74.0 cm³/mol. The van der Waals surface area contributed by atoms with Crippen LogP contribution in [0.1, 0.15) is 6.92 Å². The standard InChI is InChI=1S/C11H15BrN2O4S/c1-7(6-13)14-19(15,16)11-5-10-9(4-8(11)12)17-2-3-18-10/h4-5,7,14H,2-3,6,13H2,1H3/t7-/m0/s1. The smallest absolute Gasteiger partial charge is 0.242 e. The lowest BCUT2D eigenvalue weighted by Crippen LogP contribution is -2.37. The molecule has 8 heteroatoms. The minimum Gasteiger partial charge on any atom is -0.486 e. The van der Waals surface area contributed by atoms with Crippen LogP contribution in [0.15, 0.2) is 21.5 Å². The van der Waals surface area contributed by atoms with Gasteiger partial charge in [-0.05, 0) is 28.9 Å². The van der Waals surface area contributed by atoms with Gasteiger partial charge in [-0.25, -0.2) is 13.1 Å². The molecule has 1 aliphatic rings. The molecule has 0 saturated carbocycles. The van der Waals surface area contributed by atoms with Gasteiger partial charge in [0.15, 0.2) is 11.5 Å². The zero-order valence-electron chi connectivity index (χ0n) is 10.3. The first-order valence-corrected chi connectivity index (χ1v) is 8.03.